The van der Waals surface area contributed by atoms with E-state index in [-0.39, 0.29) is 5.57 Å². The van der Waals surface area contributed by atoms with E-state index < -0.39 is 5.91 Å². The average molecular weight is 251 g/mol. The van der Waals surface area contributed by atoms with Crippen LogP contribution in [0.25, 0.3) is 6.08 Å². The molecule has 4 nitrogen and oxygen atoms in total. The highest BCUT2D eigenvalue weighted by atomic mass is 16.1. The van der Waals surface area contributed by atoms with Gasteiger partial charge in [-0.1, -0.05) is 18.2 Å². The standard InChI is InChI=1S/C15H13N3O/c1-11-5-2-3-7-14(11)18-15(19)12(10-16)9-13-6-4-8-17-13/h2-9,17H,1H3,(H,18,19)/b12-9+. The van der Waals surface area contributed by atoms with Crippen molar-refractivity contribution < 1.29 is 4.79 Å². The molecule has 0 aliphatic heterocycles. The molecule has 1 heterocycles. The molecule has 4 heteroatoms. The molecular weight excluding hydrogens is 238 g/mol. The molecule has 0 unspecified atom stereocenters. The second-order valence-electron chi connectivity index (χ2n) is 4.06. The van der Waals surface area contributed by atoms with Crippen molar-refractivity contribution in [2.75, 3.05) is 5.32 Å². The predicted octanol–water partition coefficient (Wildman–Crippen LogP) is 2.87. The number of aryl methyl sites for hydroxylation is 1. The maximum atomic E-state index is 12.0. The van der Waals surface area contributed by atoms with Crippen molar-refractivity contribution in [2.24, 2.45) is 0 Å². The van der Waals surface area contributed by atoms with Gasteiger partial charge in [0.05, 0.1) is 0 Å². The number of para-hydroxylation sites is 1. The molecule has 0 saturated heterocycles. The first-order chi connectivity index (χ1) is 9.20. The number of rotatable bonds is 3. The number of aromatic nitrogens is 1. The minimum atomic E-state index is -0.411. The van der Waals surface area contributed by atoms with Gasteiger partial charge in [-0.2, -0.15) is 5.26 Å². The molecule has 2 rings (SSSR count). The molecule has 1 aromatic carbocycles. The maximum Gasteiger partial charge on any atom is 0.266 e. The van der Waals surface area contributed by atoms with Gasteiger partial charge in [-0.05, 0) is 36.8 Å². The smallest absolute Gasteiger partial charge is 0.266 e. The van der Waals surface area contributed by atoms with Crippen LogP contribution in [0.3, 0.4) is 0 Å². The van der Waals surface area contributed by atoms with E-state index in [0.717, 1.165) is 11.3 Å². The fourth-order valence-corrected chi connectivity index (χ4v) is 1.64. The van der Waals surface area contributed by atoms with Crippen molar-refractivity contribution in [3.63, 3.8) is 0 Å². The summed E-state index contributed by atoms with van der Waals surface area (Å²) in [4.78, 5) is 14.9. The molecule has 0 atom stereocenters. The van der Waals surface area contributed by atoms with Crippen molar-refractivity contribution >= 4 is 17.7 Å². The summed E-state index contributed by atoms with van der Waals surface area (Å²) in [6.07, 6.45) is 3.26. The summed E-state index contributed by atoms with van der Waals surface area (Å²) in [7, 11) is 0. The van der Waals surface area contributed by atoms with Crippen LogP contribution in [0.1, 0.15) is 11.3 Å². The number of anilines is 1. The first-order valence-corrected chi connectivity index (χ1v) is 5.83. The Labute approximate surface area is 111 Å². The monoisotopic (exact) mass is 251 g/mol. The Bertz CT molecular complexity index is 648. The summed E-state index contributed by atoms with van der Waals surface area (Å²) in [6.45, 7) is 1.90. The summed E-state index contributed by atoms with van der Waals surface area (Å²) in [5.74, 6) is -0.411. The van der Waals surface area contributed by atoms with E-state index in [1.165, 1.54) is 6.08 Å². The van der Waals surface area contributed by atoms with Crippen molar-refractivity contribution in [3.8, 4) is 6.07 Å². The van der Waals surface area contributed by atoms with E-state index in [4.69, 9.17) is 5.26 Å². The summed E-state index contributed by atoms with van der Waals surface area (Å²) < 4.78 is 0. The van der Waals surface area contributed by atoms with Gasteiger partial charge < -0.3 is 10.3 Å². The number of nitrogens with one attached hydrogen (secondary N) is 2. The molecule has 94 valence electrons. The number of H-pyrrole nitrogens is 1. The first kappa shape index (κ1) is 12.7. The van der Waals surface area contributed by atoms with Crippen LogP contribution in [0, 0.1) is 18.3 Å². The first-order valence-electron chi connectivity index (χ1n) is 5.83. The van der Waals surface area contributed by atoms with Gasteiger partial charge in [0, 0.05) is 17.6 Å². The van der Waals surface area contributed by atoms with E-state index in [9.17, 15) is 4.79 Å². The van der Waals surface area contributed by atoms with E-state index >= 15 is 0 Å². The van der Waals surface area contributed by atoms with Gasteiger partial charge in [0.15, 0.2) is 0 Å². The second-order valence-corrected chi connectivity index (χ2v) is 4.06. The minimum absolute atomic E-state index is 0.0608. The number of aromatic amines is 1. The Morgan fingerprint density at radius 3 is 2.74 bits per heavy atom. The van der Waals surface area contributed by atoms with Crippen LogP contribution in [-0.2, 0) is 4.79 Å². The molecule has 0 aliphatic rings. The lowest BCUT2D eigenvalue weighted by Gasteiger charge is -2.06. The molecule has 0 radical (unpaired) electrons. The molecule has 1 amide bonds. The predicted molar refractivity (Wildman–Crippen MR) is 74.2 cm³/mol. The minimum Gasteiger partial charge on any atom is -0.362 e. The number of carbonyl (C=O) groups is 1. The highest BCUT2D eigenvalue weighted by Crippen LogP contribution is 2.14. The Morgan fingerprint density at radius 2 is 2.11 bits per heavy atom. The Balaban J connectivity index is 2.19. The molecule has 1 aromatic heterocycles. The molecule has 2 aromatic rings. The summed E-state index contributed by atoms with van der Waals surface area (Å²) in [5, 5.41) is 11.8. The molecule has 19 heavy (non-hydrogen) atoms. The second kappa shape index (κ2) is 5.69. The Kier molecular flexibility index (Phi) is 3.79. The lowest BCUT2D eigenvalue weighted by Crippen LogP contribution is -2.14. The van der Waals surface area contributed by atoms with Crippen LogP contribution in [0.5, 0.6) is 0 Å². The SMILES string of the molecule is Cc1ccccc1NC(=O)/C(C#N)=C/c1ccc[nH]1. The van der Waals surface area contributed by atoms with Gasteiger partial charge >= 0.3 is 0 Å². The summed E-state index contributed by atoms with van der Waals surface area (Å²) in [6, 6.07) is 12.9. The lowest BCUT2D eigenvalue weighted by molar-refractivity contribution is -0.112. The Hall–Kier alpha value is -2.80. The number of hydrogen-bond acceptors (Lipinski definition) is 2. The van der Waals surface area contributed by atoms with Gasteiger partial charge in [0.2, 0.25) is 0 Å². The zero-order valence-corrected chi connectivity index (χ0v) is 10.5. The van der Waals surface area contributed by atoms with E-state index in [1.807, 2.05) is 31.2 Å². The molecule has 0 spiro atoms. The maximum absolute atomic E-state index is 12.0. The van der Waals surface area contributed by atoms with Gasteiger partial charge in [0.1, 0.15) is 11.6 Å². The summed E-state index contributed by atoms with van der Waals surface area (Å²) in [5.41, 5.74) is 2.44. The lowest BCUT2D eigenvalue weighted by atomic mass is 10.1. The molecule has 0 bridgehead atoms. The van der Waals surface area contributed by atoms with E-state index in [0.29, 0.717) is 5.69 Å². The van der Waals surface area contributed by atoms with Crippen LogP contribution < -0.4 is 5.32 Å². The van der Waals surface area contributed by atoms with Crippen molar-refractivity contribution in [1.82, 2.24) is 4.98 Å². The van der Waals surface area contributed by atoms with Crippen molar-refractivity contribution in [1.29, 1.82) is 5.26 Å². The Morgan fingerprint density at radius 1 is 1.32 bits per heavy atom. The third-order valence-electron chi connectivity index (χ3n) is 2.68. The quantitative estimate of drug-likeness (QED) is 0.650. The number of nitriles is 1. The van der Waals surface area contributed by atoms with Crippen LogP contribution in [-0.4, -0.2) is 10.9 Å². The number of nitrogens with zero attached hydrogens (tertiary/aromatic N) is 1. The van der Waals surface area contributed by atoms with Crippen molar-refractivity contribution in [3.05, 3.63) is 59.4 Å². The number of hydrogen-bond donors (Lipinski definition) is 2. The topological polar surface area (TPSA) is 68.7 Å². The zero-order chi connectivity index (χ0) is 13.7. The number of amides is 1. The van der Waals surface area contributed by atoms with E-state index in [2.05, 4.69) is 10.3 Å². The molecule has 0 fully saturated rings. The number of benzene rings is 1. The average Bonchev–Trinajstić information content (AvgIpc) is 2.91. The molecule has 2 N–H and O–H groups in total. The molecule has 0 aliphatic carbocycles. The number of carbonyl (C=O) groups excluding carboxylic acids is 1. The fraction of sp³-hybridized carbons (Fsp3) is 0.0667. The van der Waals surface area contributed by atoms with Gasteiger partial charge in [0.25, 0.3) is 5.91 Å². The highest BCUT2D eigenvalue weighted by Gasteiger charge is 2.10. The zero-order valence-electron chi connectivity index (χ0n) is 10.5. The third-order valence-corrected chi connectivity index (χ3v) is 2.68. The molecular formula is C15H13N3O. The normalized spacial score (nSPS) is 10.8. The van der Waals surface area contributed by atoms with Crippen LogP contribution >= 0.6 is 0 Å². The van der Waals surface area contributed by atoms with Crippen LogP contribution in [0.2, 0.25) is 0 Å². The van der Waals surface area contributed by atoms with Gasteiger partial charge in [-0.15, -0.1) is 0 Å². The van der Waals surface area contributed by atoms with Crippen LogP contribution in [0.15, 0.2) is 48.2 Å². The van der Waals surface area contributed by atoms with E-state index in [1.54, 1.807) is 24.4 Å². The highest BCUT2D eigenvalue weighted by molar-refractivity contribution is 6.09. The van der Waals surface area contributed by atoms with Gasteiger partial charge in [-0.25, -0.2) is 0 Å². The van der Waals surface area contributed by atoms with Gasteiger partial charge in [-0.3, -0.25) is 4.79 Å². The third kappa shape index (κ3) is 3.11. The largest absolute Gasteiger partial charge is 0.362 e. The van der Waals surface area contributed by atoms with Crippen molar-refractivity contribution in [2.45, 2.75) is 6.92 Å². The summed E-state index contributed by atoms with van der Waals surface area (Å²) >= 11 is 0. The van der Waals surface area contributed by atoms with Crippen LogP contribution in [0.4, 0.5) is 5.69 Å². The fourth-order valence-electron chi connectivity index (χ4n) is 1.64. The molecule has 0 saturated carbocycles.